The van der Waals surface area contributed by atoms with Gasteiger partial charge in [-0.1, -0.05) is 42.5 Å². The molecule has 0 bridgehead atoms. The van der Waals surface area contributed by atoms with Gasteiger partial charge in [0.2, 0.25) is 5.88 Å². The van der Waals surface area contributed by atoms with Gasteiger partial charge in [0.1, 0.15) is 11.4 Å². The molecule has 1 saturated carbocycles. The first-order valence-corrected chi connectivity index (χ1v) is 12.1. The highest BCUT2D eigenvalue weighted by atomic mass is 16.5. The van der Waals surface area contributed by atoms with E-state index in [1.165, 1.54) is 0 Å². The Morgan fingerprint density at radius 3 is 2.50 bits per heavy atom. The summed E-state index contributed by atoms with van der Waals surface area (Å²) in [5.74, 6) is 1.52. The maximum Gasteiger partial charge on any atom is 0.222 e. The van der Waals surface area contributed by atoms with Crippen molar-refractivity contribution < 1.29 is 14.6 Å². The SMILES string of the molecule is Cc1cccc(Oc2c(CN(C[C@@H](O)COC(C)(C)C)C3CC3)c(-c3ccccc3)nn2C)c1. The predicted molar refractivity (Wildman–Crippen MR) is 135 cm³/mol. The number of nitrogens with zero attached hydrogens (tertiary/aromatic N) is 3. The molecule has 4 rings (SSSR count). The minimum atomic E-state index is -0.558. The zero-order valence-electron chi connectivity index (χ0n) is 21.0. The van der Waals surface area contributed by atoms with Crippen LogP contribution in [0.5, 0.6) is 11.6 Å². The van der Waals surface area contributed by atoms with Gasteiger partial charge in [0.05, 0.1) is 23.9 Å². The number of hydrogen-bond acceptors (Lipinski definition) is 5. The molecule has 34 heavy (non-hydrogen) atoms. The van der Waals surface area contributed by atoms with Gasteiger partial charge in [0, 0.05) is 31.7 Å². The van der Waals surface area contributed by atoms with E-state index < -0.39 is 6.10 Å². The van der Waals surface area contributed by atoms with E-state index in [4.69, 9.17) is 14.6 Å². The maximum atomic E-state index is 10.7. The van der Waals surface area contributed by atoms with Gasteiger partial charge in [-0.3, -0.25) is 4.90 Å². The van der Waals surface area contributed by atoms with Crippen molar-refractivity contribution in [1.82, 2.24) is 14.7 Å². The Morgan fingerprint density at radius 2 is 1.85 bits per heavy atom. The van der Waals surface area contributed by atoms with Gasteiger partial charge in [-0.05, 0) is 58.2 Å². The molecule has 6 nitrogen and oxygen atoms in total. The summed E-state index contributed by atoms with van der Waals surface area (Å²) in [6, 6.07) is 18.7. The number of rotatable bonds is 10. The number of ether oxygens (including phenoxy) is 2. The van der Waals surface area contributed by atoms with Crippen molar-refractivity contribution in [2.24, 2.45) is 7.05 Å². The minimum absolute atomic E-state index is 0.274. The largest absolute Gasteiger partial charge is 0.439 e. The topological polar surface area (TPSA) is 59.8 Å². The van der Waals surface area contributed by atoms with E-state index >= 15 is 0 Å². The Balaban J connectivity index is 1.63. The molecule has 1 fully saturated rings. The Kier molecular flexibility index (Phi) is 7.41. The normalized spacial score (nSPS) is 15.0. The Morgan fingerprint density at radius 1 is 1.12 bits per heavy atom. The summed E-state index contributed by atoms with van der Waals surface area (Å²) in [6.45, 7) is 9.60. The first-order chi connectivity index (χ1) is 16.2. The molecule has 1 aliphatic carbocycles. The van der Waals surface area contributed by atoms with Crippen LogP contribution in [0.4, 0.5) is 0 Å². The van der Waals surface area contributed by atoms with Crippen LogP contribution in [-0.4, -0.2) is 50.7 Å². The van der Waals surface area contributed by atoms with Gasteiger partial charge >= 0.3 is 0 Å². The summed E-state index contributed by atoms with van der Waals surface area (Å²) in [5, 5.41) is 15.6. The number of aliphatic hydroxyl groups excluding tert-OH is 1. The number of aliphatic hydroxyl groups is 1. The lowest BCUT2D eigenvalue weighted by atomic mass is 10.1. The molecule has 0 aliphatic heterocycles. The average molecular weight is 464 g/mol. The van der Waals surface area contributed by atoms with Gasteiger partial charge in [0.15, 0.2) is 0 Å². The van der Waals surface area contributed by atoms with Crippen molar-refractivity contribution in [1.29, 1.82) is 0 Å². The summed E-state index contributed by atoms with van der Waals surface area (Å²) in [5.41, 5.74) is 3.87. The number of aryl methyl sites for hydroxylation is 2. The van der Waals surface area contributed by atoms with E-state index in [0.717, 1.165) is 46.9 Å². The number of aromatic nitrogens is 2. The molecule has 0 saturated heterocycles. The molecular formula is C28H37N3O3. The summed E-state index contributed by atoms with van der Waals surface area (Å²) in [4.78, 5) is 2.35. The maximum absolute atomic E-state index is 10.7. The van der Waals surface area contributed by atoms with Crippen LogP contribution in [0.15, 0.2) is 54.6 Å². The van der Waals surface area contributed by atoms with E-state index in [0.29, 0.717) is 25.7 Å². The zero-order chi connectivity index (χ0) is 24.3. The molecule has 3 aromatic rings. The quantitative estimate of drug-likeness (QED) is 0.440. The molecule has 182 valence electrons. The van der Waals surface area contributed by atoms with Gasteiger partial charge in [0.25, 0.3) is 0 Å². The highest BCUT2D eigenvalue weighted by Crippen LogP contribution is 2.37. The monoisotopic (exact) mass is 463 g/mol. The van der Waals surface area contributed by atoms with Crippen molar-refractivity contribution in [2.45, 2.75) is 64.8 Å². The first-order valence-electron chi connectivity index (χ1n) is 12.1. The van der Waals surface area contributed by atoms with Crippen molar-refractivity contribution in [2.75, 3.05) is 13.2 Å². The summed E-state index contributed by atoms with van der Waals surface area (Å²) in [7, 11) is 1.93. The first kappa shape index (κ1) is 24.5. The smallest absolute Gasteiger partial charge is 0.222 e. The van der Waals surface area contributed by atoms with E-state index in [1.54, 1.807) is 0 Å². The van der Waals surface area contributed by atoms with Crippen molar-refractivity contribution in [3.8, 4) is 22.9 Å². The van der Waals surface area contributed by atoms with Crippen LogP contribution >= 0.6 is 0 Å². The molecule has 2 aromatic carbocycles. The van der Waals surface area contributed by atoms with E-state index in [1.807, 2.05) is 68.9 Å². The van der Waals surface area contributed by atoms with Gasteiger partial charge in [-0.15, -0.1) is 0 Å². The Bertz CT molecular complexity index is 1080. The fourth-order valence-corrected chi connectivity index (χ4v) is 4.10. The van der Waals surface area contributed by atoms with Crippen molar-refractivity contribution in [3.63, 3.8) is 0 Å². The van der Waals surface area contributed by atoms with E-state index in [-0.39, 0.29) is 5.60 Å². The lowest BCUT2D eigenvalue weighted by Crippen LogP contribution is -2.37. The van der Waals surface area contributed by atoms with Crippen LogP contribution in [0, 0.1) is 6.92 Å². The van der Waals surface area contributed by atoms with Crippen LogP contribution < -0.4 is 4.74 Å². The summed E-state index contributed by atoms with van der Waals surface area (Å²) < 4.78 is 14.1. The molecule has 1 heterocycles. The van der Waals surface area contributed by atoms with Gasteiger partial charge < -0.3 is 14.6 Å². The van der Waals surface area contributed by atoms with Crippen LogP contribution in [0.3, 0.4) is 0 Å². The Labute approximate surface area is 203 Å². The van der Waals surface area contributed by atoms with Crippen molar-refractivity contribution >= 4 is 0 Å². The molecule has 0 amide bonds. The number of hydrogen-bond donors (Lipinski definition) is 1. The van der Waals surface area contributed by atoms with Crippen LogP contribution in [-0.2, 0) is 18.3 Å². The van der Waals surface area contributed by atoms with Crippen LogP contribution in [0.25, 0.3) is 11.3 Å². The molecular weight excluding hydrogens is 426 g/mol. The van der Waals surface area contributed by atoms with Gasteiger partial charge in [-0.25, -0.2) is 4.68 Å². The van der Waals surface area contributed by atoms with Crippen molar-refractivity contribution in [3.05, 3.63) is 65.7 Å². The standard InChI is InChI=1S/C28H37N3O3/c1-20-10-9-13-24(16-20)34-27-25(26(29-30(27)5)21-11-7-6-8-12-21)18-31(22-14-15-22)17-23(32)19-33-28(2,3)4/h6-13,16,22-23,32H,14-15,17-19H2,1-5H3/t23-/m1/s1. The summed E-state index contributed by atoms with van der Waals surface area (Å²) in [6.07, 6.45) is 1.72. The third-order valence-corrected chi connectivity index (χ3v) is 5.92. The average Bonchev–Trinajstić information content (AvgIpc) is 3.59. The second-order valence-electron chi connectivity index (χ2n) is 10.3. The van der Waals surface area contributed by atoms with E-state index in [2.05, 4.69) is 30.0 Å². The molecule has 6 heteroatoms. The minimum Gasteiger partial charge on any atom is -0.439 e. The second-order valence-corrected chi connectivity index (χ2v) is 10.3. The molecule has 1 aliphatic rings. The summed E-state index contributed by atoms with van der Waals surface area (Å²) >= 11 is 0. The number of benzene rings is 2. The lowest BCUT2D eigenvalue weighted by Gasteiger charge is -2.27. The zero-order valence-corrected chi connectivity index (χ0v) is 21.0. The molecule has 1 atom stereocenters. The molecule has 0 unspecified atom stereocenters. The fraction of sp³-hybridized carbons (Fsp3) is 0.464. The second kappa shape index (κ2) is 10.3. The van der Waals surface area contributed by atoms with Crippen LogP contribution in [0.2, 0.25) is 0 Å². The molecule has 0 radical (unpaired) electrons. The van der Waals surface area contributed by atoms with E-state index in [9.17, 15) is 5.11 Å². The van der Waals surface area contributed by atoms with Gasteiger partial charge in [-0.2, -0.15) is 5.10 Å². The molecule has 1 aromatic heterocycles. The fourth-order valence-electron chi connectivity index (χ4n) is 4.10. The predicted octanol–water partition coefficient (Wildman–Crippen LogP) is 5.33. The highest BCUT2D eigenvalue weighted by molar-refractivity contribution is 5.65. The Hall–Kier alpha value is -2.67. The van der Waals surface area contributed by atoms with Crippen LogP contribution in [0.1, 0.15) is 44.7 Å². The third kappa shape index (κ3) is 6.47. The molecule has 1 N–H and O–H groups in total. The highest BCUT2D eigenvalue weighted by Gasteiger charge is 2.33. The molecule has 0 spiro atoms. The third-order valence-electron chi connectivity index (χ3n) is 5.92. The lowest BCUT2D eigenvalue weighted by molar-refractivity contribution is -0.0572.